The van der Waals surface area contributed by atoms with Crippen molar-refractivity contribution >= 4 is 15.7 Å². The third-order valence-corrected chi connectivity index (χ3v) is 6.34. The fraction of sp³-hybridized carbons (Fsp3) is 0.273. The van der Waals surface area contributed by atoms with Crippen molar-refractivity contribution in [2.45, 2.75) is 32.6 Å². The van der Waals surface area contributed by atoms with Crippen LogP contribution in [0.4, 0.5) is 5.69 Å². The van der Waals surface area contributed by atoms with Gasteiger partial charge in [0.1, 0.15) is 5.75 Å². The van der Waals surface area contributed by atoms with Crippen molar-refractivity contribution in [3.8, 4) is 22.9 Å². The quantitative estimate of drug-likeness (QED) is 0.605. The molecule has 0 aliphatic heterocycles. The topological polar surface area (TPSA) is 90.4 Å². The van der Waals surface area contributed by atoms with Gasteiger partial charge in [-0.15, -0.1) is 10.2 Å². The second-order valence-corrected chi connectivity index (χ2v) is 8.50. The summed E-state index contributed by atoms with van der Waals surface area (Å²) >= 11 is 0. The molecular formula is C22H25N3O4S. The van der Waals surface area contributed by atoms with Gasteiger partial charge in [0, 0.05) is 17.3 Å². The Balaban J connectivity index is 1.84. The number of sulfonamides is 1. The van der Waals surface area contributed by atoms with Crippen LogP contribution in [0, 0.1) is 20.8 Å². The first-order valence-corrected chi connectivity index (χ1v) is 11.0. The Kier molecular flexibility index (Phi) is 6.26. The van der Waals surface area contributed by atoms with E-state index in [1.807, 2.05) is 26.8 Å². The van der Waals surface area contributed by atoms with Gasteiger partial charge in [-0.1, -0.05) is 12.1 Å². The average Bonchev–Trinajstić information content (AvgIpc) is 2.72. The van der Waals surface area contributed by atoms with Gasteiger partial charge >= 0.3 is 0 Å². The van der Waals surface area contributed by atoms with Gasteiger partial charge in [-0.2, -0.15) is 0 Å². The first kappa shape index (κ1) is 21.6. The summed E-state index contributed by atoms with van der Waals surface area (Å²) in [6.45, 7) is 7.87. The Morgan fingerprint density at radius 3 is 2.23 bits per heavy atom. The number of aryl methyl sites for hydroxylation is 1. The molecule has 0 saturated carbocycles. The Labute approximate surface area is 177 Å². The number of nitrogens with zero attached hydrogens (tertiary/aromatic N) is 2. The minimum Gasteiger partial charge on any atom is -0.496 e. The predicted molar refractivity (Wildman–Crippen MR) is 117 cm³/mol. The molecule has 30 heavy (non-hydrogen) atoms. The molecule has 8 heteroatoms. The highest BCUT2D eigenvalue weighted by Gasteiger charge is 2.21. The number of rotatable bonds is 7. The van der Waals surface area contributed by atoms with E-state index in [-0.39, 0.29) is 4.90 Å². The van der Waals surface area contributed by atoms with Crippen molar-refractivity contribution in [2.75, 3.05) is 18.4 Å². The molecule has 7 nitrogen and oxygen atoms in total. The molecule has 0 aliphatic rings. The second-order valence-electron chi connectivity index (χ2n) is 6.85. The van der Waals surface area contributed by atoms with E-state index in [9.17, 15) is 8.42 Å². The maximum Gasteiger partial charge on any atom is 0.262 e. The van der Waals surface area contributed by atoms with Crippen LogP contribution in [-0.2, 0) is 10.0 Å². The van der Waals surface area contributed by atoms with Crippen molar-refractivity contribution in [1.82, 2.24) is 10.2 Å². The van der Waals surface area contributed by atoms with Crippen LogP contribution in [0.25, 0.3) is 11.3 Å². The maximum absolute atomic E-state index is 13.0. The minimum atomic E-state index is -3.75. The van der Waals surface area contributed by atoms with Gasteiger partial charge in [-0.05, 0) is 68.7 Å². The predicted octanol–water partition coefficient (Wildman–Crippen LogP) is 4.28. The number of anilines is 1. The zero-order chi connectivity index (χ0) is 21.9. The molecule has 0 aliphatic carbocycles. The molecule has 1 aromatic heterocycles. The molecule has 158 valence electrons. The molecular weight excluding hydrogens is 402 g/mol. The van der Waals surface area contributed by atoms with Crippen LogP contribution in [0.2, 0.25) is 0 Å². The molecule has 1 heterocycles. The molecule has 3 rings (SSSR count). The number of aromatic nitrogens is 2. The summed E-state index contributed by atoms with van der Waals surface area (Å²) in [7, 11) is -2.17. The molecule has 0 atom stereocenters. The lowest BCUT2D eigenvalue weighted by Gasteiger charge is -2.16. The van der Waals surface area contributed by atoms with E-state index >= 15 is 0 Å². The van der Waals surface area contributed by atoms with E-state index in [4.69, 9.17) is 9.47 Å². The third-order valence-electron chi connectivity index (χ3n) is 4.84. The summed E-state index contributed by atoms with van der Waals surface area (Å²) in [4.78, 5) is 0.236. The lowest BCUT2D eigenvalue weighted by atomic mass is 10.1. The number of methoxy groups -OCH3 is 1. The average molecular weight is 428 g/mol. The van der Waals surface area contributed by atoms with Crippen LogP contribution in [-0.4, -0.2) is 32.3 Å². The first-order chi connectivity index (χ1) is 14.3. The largest absolute Gasteiger partial charge is 0.496 e. The molecule has 3 aromatic rings. The van der Waals surface area contributed by atoms with E-state index in [0.717, 1.165) is 16.7 Å². The lowest BCUT2D eigenvalue weighted by Crippen LogP contribution is -2.15. The maximum atomic E-state index is 13.0. The van der Waals surface area contributed by atoms with E-state index in [1.54, 1.807) is 50.4 Å². The molecule has 0 fully saturated rings. The van der Waals surface area contributed by atoms with Gasteiger partial charge in [-0.25, -0.2) is 8.42 Å². The molecule has 1 N–H and O–H groups in total. The van der Waals surface area contributed by atoms with E-state index < -0.39 is 10.0 Å². The number of benzene rings is 2. The third kappa shape index (κ3) is 4.38. The van der Waals surface area contributed by atoms with Crippen molar-refractivity contribution in [3.05, 3.63) is 59.2 Å². The van der Waals surface area contributed by atoms with Crippen molar-refractivity contribution in [3.63, 3.8) is 0 Å². The highest BCUT2D eigenvalue weighted by molar-refractivity contribution is 7.92. The van der Waals surface area contributed by atoms with E-state index in [0.29, 0.717) is 35.2 Å². The van der Waals surface area contributed by atoms with E-state index in [2.05, 4.69) is 14.9 Å². The lowest BCUT2D eigenvalue weighted by molar-refractivity contribution is 0.323. The van der Waals surface area contributed by atoms with Gasteiger partial charge in [-0.3, -0.25) is 4.72 Å². The molecule has 2 aromatic carbocycles. The molecule has 0 bridgehead atoms. The summed E-state index contributed by atoms with van der Waals surface area (Å²) in [6, 6.07) is 12.2. The summed E-state index contributed by atoms with van der Waals surface area (Å²) in [5.41, 5.74) is 4.19. The first-order valence-electron chi connectivity index (χ1n) is 9.51. The Bertz CT molecular complexity index is 1140. The van der Waals surface area contributed by atoms with Crippen LogP contribution in [0.15, 0.2) is 47.4 Å². The summed E-state index contributed by atoms with van der Waals surface area (Å²) in [6.07, 6.45) is 0. The summed E-state index contributed by atoms with van der Waals surface area (Å²) in [5, 5.41) is 8.15. The number of hydrogen-bond donors (Lipinski definition) is 1. The monoisotopic (exact) mass is 427 g/mol. The molecule has 0 saturated heterocycles. The minimum absolute atomic E-state index is 0.236. The highest BCUT2D eigenvalue weighted by Crippen LogP contribution is 2.32. The van der Waals surface area contributed by atoms with Crippen LogP contribution in [0.5, 0.6) is 11.6 Å². The smallest absolute Gasteiger partial charge is 0.262 e. The Morgan fingerprint density at radius 1 is 0.967 bits per heavy atom. The Hall–Kier alpha value is -3.13. The van der Waals surface area contributed by atoms with Gasteiger partial charge in [0.2, 0.25) is 5.88 Å². The second kappa shape index (κ2) is 8.71. The van der Waals surface area contributed by atoms with Gasteiger partial charge < -0.3 is 9.47 Å². The fourth-order valence-electron chi connectivity index (χ4n) is 3.23. The SMILES string of the molecule is CCOc1ccc(-c2ccc(NS(=O)(=O)c3cc(C)c(OC)c(C)c3C)cc2)nn1. The van der Waals surface area contributed by atoms with Crippen LogP contribution < -0.4 is 14.2 Å². The van der Waals surface area contributed by atoms with Crippen molar-refractivity contribution < 1.29 is 17.9 Å². The summed E-state index contributed by atoms with van der Waals surface area (Å²) < 4.78 is 39.3. The zero-order valence-electron chi connectivity index (χ0n) is 17.7. The zero-order valence-corrected chi connectivity index (χ0v) is 18.5. The number of hydrogen-bond acceptors (Lipinski definition) is 6. The molecule has 0 spiro atoms. The van der Waals surface area contributed by atoms with Gasteiger partial charge in [0.05, 0.1) is 24.3 Å². The molecule has 0 radical (unpaired) electrons. The van der Waals surface area contributed by atoms with Crippen molar-refractivity contribution in [2.24, 2.45) is 0 Å². The van der Waals surface area contributed by atoms with Gasteiger partial charge in [0.25, 0.3) is 10.0 Å². The van der Waals surface area contributed by atoms with E-state index in [1.165, 1.54) is 0 Å². The standard InChI is InChI=1S/C22H25N3O4S/c1-6-29-21-12-11-19(23-24-21)17-7-9-18(10-8-17)25-30(26,27)20-13-14(2)22(28-5)16(4)15(20)3/h7-13,25H,6H2,1-5H3. The number of nitrogens with one attached hydrogen (secondary N) is 1. The van der Waals surface area contributed by atoms with Crippen LogP contribution in [0.1, 0.15) is 23.6 Å². The Morgan fingerprint density at radius 2 is 1.67 bits per heavy atom. The van der Waals surface area contributed by atoms with Crippen molar-refractivity contribution in [1.29, 1.82) is 0 Å². The molecule has 0 amide bonds. The van der Waals surface area contributed by atoms with Crippen LogP contribution in [0.3, 0.4) is 0 Å². The number of ether oxygens (including phenoxy) is 2. The van der Waals surface area contributed by atoms with Gasteiger partial charge in [0.15, 0.2) is 0 Å². The fourth-order valence-corrected chi connectivity index (χ4v) is 4.68. The summed E-state index contributed by atoms with van der Waals surface area (Å²) in [5.74, 6) is 1.17. The highest BCUT2D eigenvalue weighted by atomic mass is 32.2. The normalized spacial score (nSPS) is 11.2. The molecule has 0 unspecified atom stereocenters. The van der Waals surface area contributed by atoms with Crippen LogP contribution >= 0.6 is 0 Å².